The summed E-state index contributed by atoms with van der Waals surface area (Å²) < 4.78 is 0. The zero-order valence-electron chi connectivity index (χ0n) is 11.8. The Morgan fingerprint density at radius 3 is 2.65 bits per heavy atom. The number of aromatic nitrogens is 2. The number of para-hydroxylation sites is 2. The van der Waals surface area contributed by atoms with Gasteiger partial charge in [-0.1, -0.05) is 37.0 Å². The molecule has 1 aromatic heterocycles. The second-order valence-corrected chi connectivity index (χ2v) is 5.54. The van der Waals surface area contributed by atoms with Gasteiger partial charge in [-0.2, -0.15) is 0 Å². The number of hydrogen-bond donors (Lipinski definition) is 1. The van der Waals surface area contributed by atoms with Crippen LogP contribution in [-0.2, 0) is 0 Å². The van der Waals surface area contributed by atoms with Gasteiger partial charge in [0.25, 0.3) is 0 Å². The lowest BCUT2D eigenvalue weighted by Crippen LogP contribution is -2.16. The molecule has 3 heteroatoms. The van der Waals surface area contributed by atoms with E-state index in [2.05, 4.69) is 16.0 Å². The molecule has 0 saturated heterocycles. The molecule has 0 bridgehead atoms. The fraction of sp³-hybridized carbons (Fsp3) is 0.412. The van der Waals surface area contributed by atoms with Gasteiger partial charge in [-0.15, -0.1) is 0 Å². The first-order valence-corrected chi connectivity index (χ1v) is 7.49. The highest BCUT2D eigenvalue weighted by Gasteiger charge is 2.17. The summed E-state index contributed by atoms with van der Waals surface area (Å²) in [5.41, 5.74) is 10.1. The normalized spacial score (nSPS) is 17.6. The Bertz CT molecular complexity index is 612. The Morgan fingerprint density at radius 2 is 1.90 bits per heavy atom. The Balaban J connectivity index is 1.90. The predicted molar refractivity (Wildman–Crippen MR) is 83.1 cm³/mol. The van der Waals surface area contributed by atoms with Crippen molar-refractivity contribution in [1.82, 2.24) is 9.97 Å². The van der Waals surface area contributed by atoms with E-state index in [4.69, 9.17) is 5.73 Å². The molecular weight excluding hydrogens is 246 g/mol. The molecule has 2 aromatic rings. The number of fused-ring (bicyclic) bond motifs is 1. The van der Waals surface area contributed by atoms with Crippen molar-refractivity contribution in [3.63, 3.8) is 0 Å². The van der Waals surface area contributed by atoms with Crippen LogP contribution in [0.5, 0.6) is 0 Å². The molecule has 3 nitrogen and oxygen atoms in total. The highest BCUT2D eigenvalue weighted by Crippen LogP contribution is 2.30. The molecule has 1 aromatic carbocycles. The number of rotatable bonds is 3. The summed E-state index contributed by atoms with van der Waals surface area (Å²) in [6, 6.07) is 7.97. The molecule has 1 fully saturated rings. The Morgan fingerprint density at radius 1 is 1.15 bits per heavy atom. The predicted octanol–water partition coefficient (Wildman–Crippen LogP) is 3.55. The lowest BCUT2D eigenvalue weighted by atomic mass is 9.83. The maximum atomic E-state index is 5.95. The maximum Gasteiger partial charge on any atom is 0.0894 e. The molecule has 20 heavy (non-hydrogen) atoms. The van der Waals surface area contributed by atoms with Crippen molar-refractivity contribution in [1.29, 1.82) is 0 Å². The molecule has 1 aliphatic carbocycles. The summed E-state index contributed by atoms with van der Waals surface area (Å²) >= 11 is 0. The van der Waals surface area contributed by atoms with Crippen molar-refractivity contribution < 1.29 is 0 Å². The minimum absolute atomic E-state index is 0.624. The van der Waals surface area contributed by atoms with Crippen LogP contribution in [0.1, 0.15) is 37.8 Å². The zero-order chi connectivity index (χ0) is 13.8. The van der Waals surface area contributed by atoms with E-state index in [-0.39, 0.29) is 0 Å². The average Bonchev–Trinajstić information content (AvgIpc) is 2.53. The fourth-order valence-electron chi connectivity index (χ4n) is 3.05. The Labute approximate surface area is 119 Å². The molecule has 3 rings (SSSR count). The lowest BCUT2D eigenvalue weighted by Gasteiger charge is -2.23. The summed E-state index contributed by atoms with van der Waals surface area (Å²) in [6.07, 6.45) is 10.5. The van der Waals surface area contributed by atoms with Crippen molar-refractivity contribution in [2.75, 3.05) is 6.54 Å². The highest BCUT2D eigenvalue weighted by atomic mass is 14.8. The first-order chi connectivity index (χ1) is 9.86. The van der Waals surface area contributed by atoms with Crippen LogP contribution in [0.3, 0.4) is 0 Å². The largest absolute Gasteiger partial charge is 0.327 e. The van der Waals surface area contributed by atoms with E-state index in [1.54, 1.807) is 0 Å². The van der Waals surface area contributed by atoms with Crippen molar-refractivity contribution in [2.24, 2.45) is 11.7 Å². The van der Waals surface area contributed by atoms with Crippen LogP contribution in [0.25, 0.3) is 17.1 Å². The van der Waals surface area contributed by atoms with Crippen molar-refractivity contribution in [3.8, 4) is 0 Å². The molecule has 1 heterocycles. The molecule has 0 aliphatic heterocycles. The van der Waals surface area contributed by atoms with Crippen LogP contribution < -0.4 is 5.73 Å². The standard InChI is InChI=1S/C17H21N3/c18-11-14(13-6-2-1-3-7-13)10-15-12-19-16-8-4-5-9-17(16)20-15/h4-5,8-10,12-13H,1-3,6-7,11,18H2/b14-10-. The minimum atomic E-state index is 0.624. The molecule has 1 aliphatic rings. The quantitative estimate of drug-likeness (QED) is 0.925. The SMILES string of the molecule is NC/C(=C/c1cnc2ccccc2n1)C1CCCCC1. The van der Waals surface area contributed by atoms with Crippen LogP contribution in [0.15, 0.2) is 36.0 Å². The highest BCUT2D eigenvalue weighted by molar-refractivity contribution is 5.74. The van der Waals surface area contributed by atoms with Gasteiger partial charge in [-0.3, -0.25) is 4.98 Å². The molecule has 0 atom stereocenters. The van der Waals surface area contributed by atoms with E-state index in [0.29, 0.717) is 12.5 Å². The van der Waals surface area contributed by atoms with Crippen LogP contribution in [-0.4, -0.2) is 16.5 Å². The summed E-state index contributed by atoms with van der Waals surface area (Å²) in [7, 11) is 0. The maximum absolute atomic E-state index is 5.95. The van der Waals surface area contributed by atoms with Crippen LogP contribution in [0, 0.1) is 5.92 Å². The van der Waals surface area contributed by atoms with Crippen LogP contribution in [0.4, 0.5) is 0 Å². The Hall–Kier alpha value is -1.74. The Kier molecular flexibility index (Phi) is 4.07. The van der Waals surface area contributed by atoms with Crippen molar-refractivity contribution in [3.05, 3.63) is 41.7 Å². The first-order valence-electron chi connectivity index (χ1n) is 7.49. The fourth-order valence-corrected chi connectivity index (χ4v) is 3.05. The molecule has 0 unspecified atom stereocenters. The molecular formula is C17H21N3. The van der Waals surface area contributed by atoms with Gasteiger partial charge in [0.1, 0.15) is 0 Å². The molecule has 0 amide bonds. The third-order valence-corrected chi connectivity index (χ3v) is 4.17. The molecule has 1 saturated carbocycles. The van der Waals surface area contributed by atoms with Gasteiger partial charge in [0, 0.05) is 6.54 Å². The smallest absolute Gasteiger partial charge is 0.0894 e. The van der Waals surface area contributed by atoms with Crippen LogP contribution >= 0.6 is 0 Å². The number of nitrogens with two attached hydrogens (primary N) is 1. The monoisotopic (exact) mass is 267 g/mol. The van der Waals surface area contributed by atoms with Crippen molar-refractivity contribution in [2.45, 2.75) is 32.1 Å². The van der Waals surface area contributed by atoms with E-state index in [1.165, 1.54) is 37.7 Å². The van der Waals surface area contributed by atoms with Gasteiger partial charge >= 0.3 is 0 Å². The second kappa shape index (κ2) is 6.14. The average molecular weight is 267 g/mol. The number of hydrogen-bond acceptors (Lipinski definition) is 3. The lowest BCUT2D eigenvalue weighted by molar-refractivity contribution is 0.401. The molecule has 104 valence electrons. The summed E-state index contributed by atoms with van der Waals surface area (Å²) in [6.45, 7) is 0.624. The number of benzene rings is 1. The van der Waals surface area contributed by atoms with Gasteiger partial charge in [0.2, 0.25) is 0 Å². The van der Waals surface area contributed by atoms with Gasteiger partial charge in [-0.05, 0) is 37.0 Å². The number of nitrogens with zero attached hydrogens (tertiary/aromatic N) is 2. The summed E-state index contributed by atoms with van der Waals surface area (Å²) in [4.78, 5) is 9.13. The van der Waals surface area contributed by atoms with Crippen molar-refractivity contribution >= 4 is 17.1 Å². The van der Waals surface area contributed by atoms with E-state index < -0.39 is 0 Å². The van der Waals surface area contributed by atoms with Crippen LogP contribution in [0.2, 0.25) is 0 Å². The van der Waals surface area contributed by atoms with E-state index in [9.17, 15) is 0 Å². The van der Waals surface area contributed by atoms with Gasteiger partial charge in [0.15, 0.2) is 0 Å². The second-order valence-electron chi connectivity index (χ2n) is 5.54. The minimum Gasteiger partial charge on any atom is -0.327 e. The molecule has 2 N–H and O–H groups in total. The topological polar surface area (TPSA) is 51.8 Å². The summed E-state index contributed by atoms with van der Waals surface area (Å²) in [5, 5.41) is 0. The molecule has 0 radical (unpaired) electrons. The molecule has 0 spiro atoms. The summed E-state index contributed by atoms with van der Waals surface area (Å²) in [5.74, 6) is 0.641. The first kappa shape index (κ1) is 13.3. The van der Waals surface area contributed by atoms with Gasteiger partial charge < -0.3 is 5.73 Å². The van der Waals surface area contributed by atoms with E-state index >= 15 is 0 Å². The van der Waals surface area contributed by atoms with Gasteiger partial charge in [0.05, 0.1) is 22.9 Å². The third kappa shape index (κ3) is 2.88. The van der Waals surface area contributed by atoms with Gasteiger partial charge in [-0.25, -0.2) is 4.98 Å². The zero-order valence-corrected chi connectivity index (χ0v) is 11.8. The van der Waals surface area contributed by atoms with E-state index in [1.807, 2.05) is 30.5 Å². The van der Waals surface area contributed by atoms with E-state index in [0.717, 1.165) is 16.7 Å². The third-order valence-electron chi connectivity index (χ3n) is 4.17.